The Kier molecular flexibility index (Phi) is 7.26. The van der Waals surface area contributed by atoms with Gasteiger partial charge in [0.2, 0.25) is 0 Å². The number of rotatable bonds is 9. The zero-order valence-electron chi connectivity index (χ0n) is 15.0. The lowest BCUT2D eigenvalue weighted by Gasteiger charge is -2.10. The summed E-state index contributed by atoms with van der Waals surface area (Å²) < 4.78 is 7.22. The third-order valence-corrected chi connectivity index (χ3v) is 4.10. The van der Waals surface area contributed by atoms with Crippen molar-refractivity contribution in [2.24, 2.45) is 0 Å². The second-order valence-corrected chi connectivity index (χ2v) is 6.00. The lowest BCUT2D eigenvalue weighted by molar-refractivity contribution is -0.123. The third-order valence-electron chi connectivity index (χ3n) is 4.10. The molecule has 0 aliphatic heterocycles. The molecule has 0 aliphatic rings. The van der Waals surface area contributed by atoms with Gasteiger partial charge in [0.05, 0.1) is 0 Å². The lowest BCUT2D eigenvalue weighted by atomic mass is 10.2. The Bertz CT molecular complexity index is 735. The number of aryl methyl sites for hydroxylation is 2. The molecule has 0 bridgehead atoms. The molecule has 0 saturated heterocycles. The topological polar surface area (TPSA) is 60.3 Å². The van der Waals surface area contributed by atoms with Crippen LogP contribution in [-0.4, -0.2) is 23.6 Å². The summed E-state index contributed by atoms with van der Waals surface area (Å²) in [6.07, 6.45) is 2.64. The summed E-state index contributed by atoms with van der Waals surface area (Å²) in [4.78, 5) is 23.5. The first-order valence-electron chi connectivity index (χ1n) is 8.75. The Labute approximate surface area is 148 Å². The minimum atomic E-state index is -0.132. The van der Waals surface area contributed by atoms with Crippen LogP contribution in [0.2, 0.25) is 0 Å². The smallest absolute Gasteiger partial charge is 0.257 e. The molecule has 0 atom stereocenters. The van der Waals surface area contributed by atoms with Crippen LogP contribution in [0.3, 0.4) is 0 Å². The lowest BCUT2D eigenvalue weighted by Crippen LogP contribution is -2.30. The highest BCUT2D eigenvalue weighted by Gasteiger charge is 2.03. The first-order valence-corrected chi connectivity index (χ1v) is 8.75. The van der Waals surface area contributed by atoms with E-state index >= 15 is 0 Å². The predicted octanol–water partition coefficient (Wildman–Crippen LogP) is 2.69. The van der Waals surface area contributed by atoms with E-state index in [2.05, 4.69) is 12.2 Å². The number of nitrogens with zero attached hydrogens (tertiary/aromatic N) is 1. The maximum Gasteiger partial charge on any atom is 0.257 e. The van der Waals surface area contributed by atoms with Crippen LogP contribution >= 0.6 is 0 Å². The summed E-state index contributed by atoms with van der Waals surface area (Å²) in [5.74, 6) is 0.568. The van der Waals surface area contributed by atoms with Gasteiger partial charge < -0.3 is 14.6 Å². The Morgan fingerprint density at radius 3 is 2.56 bits per heavy atom. The molecule has 2 rings (SSSR count). The van der Waals surface area contributed by atoms with Crippen LogP contribution in [0.4, 0.5) is 0 Å². The summed E-state index contributed by atoms with van der Waals surface area (Å²) in [7, 11) is 0. The summed E-state index contributed by atoms with van der Waals surface area (Å²) in [6.45, 7) is 5.29. The number of carbonyl (C=O) groups is 1. The molecule has 0 radical (unpaired) electrons. The number of hydrogen-bond donors (Lipinski definition) is 1. The van der Waals surface area contributed by atoms with Gasteiger partial charge in [-0.1, -0.05) is 25.1 Å². The van der Waals surface area contributed by atoms with Gasteiger partial charge in [0.15, 0.2) is 6.61 Å². The largest absolute Gasteiger partial charge is 0.484 e. The second-order valence-electron chi connectivity index (χ2n) is 6.00. The van der Waals surface area contributed by atoms with E-state index in [9.17, 15) is 9.59 Å². The van der Waals surface area contributed by atoms with Gasteiger partial charge in [-0.25, -0.2) is 0 Å². The molecule has 1 heterocycles. The minimum Gasteiger partial charge on any atom is -0.484 e. The summed E-state index contributed by atoms with van der Waals surface area (Å²) in [6, 6.07) is 13.0. The molecule has 1 N–H and O–H groups in total. The molecule has 0 aliphatic carbocycles. The predicted molar refractivity (Wildman–Crippen MR) is 99.0 cm³/mol. The van der Waals surface area contributed by atoms with Gasteiger partial charge >= 0.3 is 0 Å². The standard InChI is InChI=1S/C20H26N2O3/c1-3-17-9-11-18(12-10-17)25-15-19(23)21-13-4-5-14-22-16(2)7-6-8-20(22)24/h6-12H,3-5,13-15H2,1-2H3,(H,21,23). The number of carbonyl (C=O) groups excluding carboxylic acids is 1. The summed E-state index contributed by atoms with van der Waals surface area (Å²) >= 11 is 0. The highest BCUT2D eigenvalue weighted by atomic mass is 16.5. The van der Waals surface area contributed by atoms with E-state index in [0.29, 0.717) is 18.8 Å². The molecule has 1 aromatic carbocycles. The molecular weight excluding hydrogens is 316 g/mol. The number of pyridine rings is 1. The number of aromatic nitrogens is 1. The zero-order valence-corrected chi connectivity index (χ0v) is 15.0. The fraction of sp³-hybridized carbons (Fsp3) is 0.400. The fourth-order valence-electron chi connectivity index (χ4n) is 2.55. The number of benzene rings is 1. The van der Waals surface area contributed by atoms with E-state index in [1.807, 2.05) is 37.3 Å². The van der Waals surface area contributed by atoms with Crippen LogP contribution < -0.4 is 15.6 Å². The van der Waals surface area contributed by atoms with Crippen molar-refractivity contribution in [3.05, 3.63) is 64.1 Å². The molecule has 25 heavy (non-hydrogen) atoms. The monoisotopic (exact) mass is 342 g/mol. The van der Waals surface area contributed by atoms with Crippen LogP contribution in [0.15, 0.2) is 47.3 Å². The van der Waals surface area contributed by atoms with Crippen LogP contribution in [-0.2, 0) is 17.8 Å². The van der Waals surface area contributed by atoms with Crippen LogP contribution in [0, 0.1) is 6.92 Å². The molecule has 134 valence electrons. The van der Waals surface area contributed by atoms with Crippen molar-refractivity contribution in [3.63, 3.8) is 0 Å². The molecule has 0 spiro atoms. The number of ether oxygens (including phenoxy) is 1. The molecule has 5 nitrogen and oxygen atoms in total. The minimum absolute atomic E-state index is 0.0166. The quantitative estimate of drug-likeness (QED) is 0.713. The van der Waals surface area contributed by atoms with Crippen molar-refractivity contribution in [2.75, 3.05) is 13.2 Å². The van der Waals surface area contributed by atoms with E-state index < -0.39 is 0 Å². The SMILES string of the molecule is CCc1ccc(OCC(=O)NCCCCn2c(C)cccc2=O)cc1. The molecular formula is C20H26N2O3. The van der Waals surface area contributed by atoms with Crippen LogP contribution in [0.25, 0.3) is 0 Å². The number of nitrogens with one attached hydrogen (secondary N) is 1. The molecule has 0 saturated carbocycles. The zero-order chi connectivity index (χ0) is 18.1. The van der Waals surface area contributed by atoms with E-state index in [0.717, 1.165) is 25.0 Å². The van der Waals surface area contributed by atoms with Crippen molar-refractivity contribution in [2.45, 2.75) is 39.7 Å². The van der Waals surface area contributed by atoms with Crippen molar-refractivity contribution >= 4 is 5.91 Å². The normalized spacial score (nSPS) is 10.5. The van der Waals surface area contributed by atoms with E-state index in [1.165, 1.54) is 5.56 Å². The first kappa shape index (κ1) is 18.8. The van der Waals surface area contributed by atoms with Crippen molar-refractivity contribution in [1.82, 2.24) is 9.88 Å². The van der Waals surface area contributed by atoms with Gasteiger partial charge in [0, 0.05) is 24.8 Å². The second kappa shape index (κ2) is 9.67. The molecule has 0 unspecified atom stereocenters. The Morgan fingerprint density at radius 1 is 1.12 bits per heavy atom. The van der Waals surface area contributed by atoms with Gasteiger partial charge in [-0.2, -0.15) is 0 Å². The van der Waals surface area contributed by atoms with Gasteiger partial charge in [-0.15, -0.1) is 0 Å². The van der Waals surface area contributed by atoms with Crippen LogP contribution in [0.1, 0.15) is 31.0 Å². The maximum absolute atomic E-state index is 11.8. The average Bonchev–Trinajstić information content (AvgIpc) is 2.62. The molecule has 2 aromatic rings. The van der Waals surface area contributed by atoms with E-state index in [-0.39, 0.29) is 18.1 Å². The van der Waals surface area contributed by atoms with E-state index in [4.69, 9.17) is 4.74 Å². The molecule has 0 fully saturated rings. The number of amides is 1. The third kappa shape index (κ3) is 6.10. The Balaban J connectivity index is 1.63. The Hall–Kier alpha value is -2.56. The van der Waals surface area contributed by atoms with Crippen molar-refractivity contribution < 1.29 is 9.53 Å². The number of unbranched alkanes of at least 4 members (excludes halogenated alkanes) is 1. The summed E-state index contributed by atoms with van der Waals surface area (Å²) in [5, 5.41) is 2.84. The average molecular weight is 342 g/mol. The maximum atomic E-state index is 11.8. The highest BCUT2D eigenvalue weighted by Crippen LogP contribution is 2.12. The molecule has 5 heteroatoms. The van der Waals surface area contributed by atoms with Gasteiger partial charge in [0.25, 0.3) is 11.5 Å². The highest BCUT2D eigenvalue weighted by molar-refractivity contribution is 5.77. The molecule has 1 aromatic heterocycles. The fourth-order valence-corrected chi connectivity index (χ4v) is 2.55. The van der Waals surface area contributed by atoms with Crippen molar-refractivity contribution in [1.29, 1.82) is 0 Å². The first-order chi connectivity index (χ1) is 12.1. The van der Waals surface area contributed by atoms with Crippen LogP contribution in [0.5, 0.6) is 5.75 Å². The van der Waals surface area contributed by atoms with E-state index in [1.54, 1.807) is 16.7 Å². The molecule has 1 amide bonds. The van der Waals surface area contributed by atoms with Gasteiger partial charge in [0.1, 0.15) is 5.75 Å². The summed E-state index contributed by atoms with van der Waals surface area (Å²) in [5.41, 5.74) is 2.22. The van der Waals surface area contributed by atoms with Gasteiger partial charge in [-0.3, -0.25) is 9.59 Å². The van der Waals surface area contributed by atoms with Gasteiger partial charge in [-0.05, 0) is 49.9 Å². The van der Waals surface area contributed by atoms with Crippen molar-refractivity contribution in [3.8, 4) is 5.75 Å². The number of hydrogen-bond acceptors (Lipinski definition) is 3. The Morgan fingerprint density at radius 2 is 1.88 bits per heavy atom.